The number of rotatable bonds is 6. The monoisotopic (exact) mass is 394 g/mol. The molecule has 3 aromatic rings. The van der Waals surface area contributed by atoms with Crippen molar-refractivity contribution in [3.05, 3.63) is 54.9 Å². The normalized spacial score (nSPS) is 14.6. The third-order valence-electron chi connectivity index (χ3n) is 5.08. The first-order valence-electron chi connectivity index (χ1n) is 9.57. The first kappa shape index (κ1) is 18.9. The fourth-order valence-corrected chi connectivity index (χ4v) is 3.46. The van der Waals surface area contributed by atoms with E-state index in [0.29, 0.717) is 6.54 Å². The largest absolute Gasteiger partial charge is 0.497 e. The molecule has 1 saturated heterocycles. The average molecular weight is 394 g/mol. The zero-order valence-electron chi connectivity index (χ0n) is 16.3. The Balaban J connectivity index is 1.25. The lowest BCUT2D eigenvalue weighted by Gasteiger charge is -2.33. The molecule has 2 heterocycles. The van der Waals surface area contributed by atoms with Gasteiger partial charge in [-0.15, -0.1) is 5.10 Å². The summed E-state index contributed by atoms with van der Waals surface area (Å²) in [5.74, 6) is 0.883. The van der Waals surface area contributed by atoms with Gasteiger partial charge in [-0.05, 0) is 59.0 Å². The van der Waals surface area contributed by atoms with Crippen molar-refractivity contribution >= 4 is 17.3 Å². The number of piperazine rings is 1. The summed E-state index contributed by atoms with van der Waals surface area (Å²) < 4.78 is 6.78. The van der Waals surface area contributed by atoms with E-state index in [0.717, 1.165) is 43.3 Å². The minimum absolute atomic E-state index is 0.0214. The molecule has 0 radical (unpaired) electrons. The van der Waals surface area contributed by atoms with E-state index in [1.54, 1.807) is 11.8 Å². The van der Waals surface area contributed by atoms with Crippen LogP contribution in [0.2, 0.25) is 0 Å². The van der Waals surface area contributed by atoms with Gasteiger partial charge in [0.15, 0.2) is 6.54 Å². The third kappa shape index (κ3) is 4.69. The maximum atomic E-state index is 12.4. The van der Waals surface area contributed by atoms with Gasteiger partial charge in [-0.1, -0.05) is 0 Å². The van der Waals surface area contributed by atoms with Crippen LogP contribution in [-0.4, -0.2) is 65.9 Å². The summed E-state index contributed by atoms with van der Waals surface area (Å²) in [5, 5.41) is 14.1. The van der Waals surface area contributed by atoms with Gasteiger partial charge in [0.1, 0.15) is 12.1 Å². The number of nitrogens with zero attached hydrogens (tertiary/aromatic N) is 5. The summed E-state index contributed by atoms with van der Waals surface area (Å²) in [6.07, 6.45) is 1.53. The first-order valence-corrected chi connectivity index (χ1v) is 9.57. The Morgan fingerprint density at radius 1 is 1.07 bits per heavy atom. The summed E-state index contributed by atoms with van der Waals surface area (Å²) in [6, 6.07) is 15.6. The lowest BCUT2D eigenvalue weighted by molar-refractivity contribution is -0.892. The number of ether oxygens (including phenoxy) is 1. The van der Waals surface area contributed by atoms with Gasteiger partial charge in [-0.3, -0.25) is 4.79 Å². The lowest BCUT2D eigenvalue weighted by Crippen LogP contribution is -3.15. The van der Waals surface area contributed by atoms with Crippen molar-refractivity contribution in [3.8, 4) is 11.4 Å². The van der Waals surface area contributed by atoms with E-state index in [9.17, 15) is 4.79 Å². The summed E-state index contributed by atoms with van der Waals surface area (Å²) in [4.78, 5) is 16.1. The molecule has 0 saturated carbocycles. The number of hydrogen-bond donors (Lipinski definition) is 2. The van der Waals surface area contributed by atoms with Crippen LogP contribution in [0.15, 0.2) is 54.9 Å². The molecule has 4 rings (SSSR count). The van der Waals surface area contributed by atoms with E-state index in [1.165, 1.54) is 16.9 Å². The van der Waals surface area contributed by atoms with Crippen LogP contribution in [-0.2, 0) is 4.79 Å². The molecule has 0 atom stereocenters. The quantitative estimate of drug-likeness (QED) is 0.613. The van der Waals surface area contributed by atoms with Gasteiger partial charge < -0.3 is 19.9 Å². The van der Waals surface area contributed by atoms with Crippen LogP contribution in [0, 0.1) is 0 Å². The van der Waals surface area contributed by atoms with E-state index in [4.69, 9.17) is 4.74 Å². The molecule has 1 fully saturated rings. The maximum Gasteiger partial charge on any atom is 0.279 e. The molecule has 0 unspecified atom stereocenters. The Morgan fingerprint density at radius 2 is 1.76 bits per heavy atom. The fraction of sp³-hybridized carbons (Fsp3) is 0.300. The molecule has 0 spiro atoms. The Kier molecular flexibility index (Phi) is 5.66. The molecule has 2 N–H and O–H groups in total. The zero-order chi connectivity index (χ0) is 20.1. The standard InChI is InChI=1S/C20H23N7O2/c1-29-19-8-6-17(7-9-19)26-12-10-25(11-13-26)14-20(28)22-16-2-4-18(5-3-16)27-15-21-23-24-27/h2-9,15H,10-14H2,1H3,(H,22,28)/p+1. The van der Waals surface area contributed by atoms with Crippen LogP contribution in [0.1, 0.15) is 0 Å². The molecule has 29 heavy (non-hydrogen) atoms. The van der Waals surface area contributed by atoms with E-state index in [2.05, 4.69) is 37.9 Å². The number of tetrazole rings is 1. The Morgan fingerprint density at radius 3 is 2.38 bits per heavy atom. The zero-order valence-corrected chi connectivity index (χ0v) is 16.3. The highest BCUT2D eigenvalue weighted by Crippen LogP contribution is 2.19. The topological polar surface area (TPSA) is 89.6 Å². The SMILES string of the molecule is COc1ccc(N2CC[NH+](CC(=O)Nc3ccc(-n4cnnn4)cc3)CC2)cc1. The predicted octanol–water partition coefficient (Wildman–Crippen LogP) is 0.0145. The second-order valence-electron chi connectivity index (χ2n) is 6.96. The number of carbonyl (C=O) groups is 1. The van der Waals surface area contributed by atoms with Crippen molar-refractivity contribution in [2.24, 2.45) is 0 Å². The van der Waals surface area contributed by atoms with E-state index >= 15 is 0 Å². The molecule has 0 aliphatic carbocycles. The van der Waals surface area contributed by atoms with Crippen molar-refractivity contribution in [3.63, 3.8) is 0 Å². The molecule has 1 aliphatic heterocycles. The molecule has 1 aromatic heterocycles. The smallest absolute Gasteiger partial charge is 0.279 e. The summed E-state index contributed by atoms with van der Waals surface area (Å²) in [7, 11) is 1.67. The van der Waals surface area contributed by atoms with Crippen LogP contribution >= 0.6 is 0 Å². The molecule has 2 aromatic carbocycles. The van der Waals surface area contributed by atoms with E-state index < -0.39 is 0 Å². The lowest BCUT2D eigenvalue weighted by atomic mass is 10.2. The summed E-state index contributed by atoms with van der Waals surface area (Å²) in [5.41, 5.74) is 2.80. The van der Waals surface area contributed by atoms with Crippen molar-refractivity contribution in [2.45, 2.75) is 0 Å². The van der Waals surface area contributed by atoms with E-state index in [-0.39, 0.29) is 5.91 Å². The van der Waals surface area contributed by atoms with Crippen LogP contribution in [0.5, 0.6) is 5.75 Å². The number of aromatic nitrogens is 4. The van der Waals surface area contributed by atoms with Gasteiger partial charge in [-0.25, -0.2) is 4.68 Å². The van der Waals surface area contributed by atoms with Crippen molar-refractivity contribution in [1.29, 1.82) is 0 Å². The molecular formula is C20H24N7O2+. The van der Waals surface area contributed by atoms with Crippen LogP contribution in [0.3, 0.4) is 0 Å². The number of nitrogens with one attached hydrogen (secondary N) is 2. The Bertz CT molecular complexity index is 918. The molecule has 9 nitrogen and oxygen atoms in total. The van der Waals surface area contributed by atoms with Crippen LogP contribution in [0.4, 0.5) is 11.4 Å². The van der Waals surface area contributed by atoms with E-state index in [1.807, 2.05) is 36.4 Å². The van der Waals surface area contributed by atoms with Gasteiger partial charge in [0, 0.05) is 11.4 Å². The Labute approximate surface area is 168 Å². The molecule has 1 aliphatic rings. The predicted molar refractivity (Wildman–Crippen MR) is 109 cm³/mol. The second-order valence-corrected chi connectivity index (χ2v) is 6.96. The first-order chi connectivity index (χ1) is 14.2. The van der Waals surface area contributed by atoms with Gasteiger partial charge >= 0.3 is 0 Å². The number of benzene rings is 2. The highest BCUT2D eigenvalue weighted by Gasteiger charge is 2.22. The number of anilines is 2. The molecule has 9 heteroatoms. The van der Waals surface area contributed by atoms with Crippen molar-refractivity contribution in [1.82, 2.24) is 20.2 Å². The van der Waals surface area contributed by atoms with Crippen LogP contribution < -0.4 is 19.9 Å². The maximum absolute atomic E-state index is 12.4. The number of carbonyl (C=O) groups excluding carboxylic acids is 1. The third-order valence-corrected chi connectivity index (χ3v) is 5.08. The highest BCUT2D eigenvalue weighted by molar-refractivity contribution is 5.91. The molecular weight excluding hydrogens is 370 g/mol. The Hall–Kier alpha value is -3.46. The second kappa shape index (κ2) is 8.70. The highest BCUT2D eigenvalue weighted by atomic mass is 16.5. The van der Waals surface area contributed by atoms with Crippen molar-refractivity contribution < 1.29 is 14.4 Å². The van der Waals surface area contributed by atoms with Crippen molar-refractivity contribution in [2.75, 3.05) is 50.1 Å². The minimum Gasteiger partial charge on any atom is -0.497 e. The number of methoxy groups -OCH3 is 1. The van der Waals surface area contributed by atoms with Gasteiger partial charge in [0.05, 0.1) is 39.0 Å². The summed E-state index contributed by atoms with van der Waals surface area (Å²) in [6.45, 7) is 4.17. The molecule has 1 amide bonds. The minimum atomic E-state index is 0.0214. The molecule has 150 valence electrons. The van der Waals surface area contributed by atoms with Crippen LogP contribution in [0.25, 0.3) is 5.69 Å². The van der Waals surface area contributed by atoms with Gasteiger partial charge in [0.2, 0.25) is 0 Å². The average Bonchev–Trinajstić information content (AvgIpc) is 3.30. The van der Waals surface area contributed by atoms with Gasteiger partial charge in [-0.2, -0.15) is 0 Å². The number of quaternary nitrogens is 1. The summed E-state index contributed by atoms with van der Waals surface area (Å²) >= 11 is 0. The molecule has 0 bridgehead atoms. The van der Waals surface area contributed by atoms with Gasteiger partial charge in [0.25, 0.3) is 5.91 Å². The fourth-order valence-electron chi connectivity index (χ4n) is 3.46. The number of hydrogen-bond acceptors (Lipinski definition) is 6. The number of amides is 1.